The first-order valence-corrected chi connectivity index (χ1v) is 6.09. The second-order valence-electron chi connectivity index (χ2n) is 4.33. The number of H-pyrrole nitrogens is 1. The number of hydrogen-bond acceptors (Lipinski definition) is 5. The van der Waals surface area contributed by atoms with E-state index in [0.717, 1.165) is 24.3 Å². The van der Waals surface area contributed by atoms with Gasteiger partial charge in [0.1, 0.15) is 11.8 Å². The first-order valence-electron chi connectivity index (χ1n) is 6.09. The molecule has 3 rings (SSSR count). The molecule has 1 N–H and O–H groups in total. The highest BCUT2D eigenvalue weighted by Crippen LogP contribution is 2.18. The fraction of sp³-hybridized carbons (Fsp3) is 0.231. The lowest BCUT2D eigenvalue weighted by atomic mass is 10.2. The van der Waals surface area contributed by atoms with Crippen LogP contribution in [0.15, 0.2) is 37.2 Å². The van der Waals surface area contributed by atoms with Gasteiger partial charge in [-0.3, -0.25) is 4.98 Å². The predicted molar refractivity (Wildman–Crippen MR) is 72.9 cm³/mol. The van der Waals surface area contributed by atoms with E-state index in [1.54, 1.807) is 12.7 Å². The van der Waals surface area contributed by atoms with Gasteiger partial charge in [0.15, 0.2) is 11.5 Å². The summed E-state index contributed by atoms with van der Waals surface area (Å²) in [5.41, 5.74) is 2.83. The Morgan fingerprint density at radius 3 is 2.84 bits per heavy atom. The van der Waals surface area contributed by atoms with Gasteiger partial charge in [-0.1, -0.05) is 0 Å². The Morgan fingerprint density at radius 1 is 1.16 bits per heavy atom. The summed E-state index contributed by atoms with van der Waals surface area (Å²) >= 11 is 0. The average molecular weight is 254 g/mol. The Bertz CT molecular complexity index is 663. The summed E-state index contributed by atoms with van der Waals surface area (Å²) < 4.78 is 0. The lowest BCUT2D eigenvalue weighted by Gasteiger charge is -2.18. The topological polar surface area (TPSA) is 70.6 Å². The minimum absolute atomic E-state index is 0.695. The van der Waals surface area contributed by atoms with E-state index in [9.17, 15) is 0 Å². The molecule has 3 aromatic heterocycles. The molecule has 0 aromatic carbocycles. The van der Waals surface area contributed by atoms with Gasteiger partial charge in [-0.2, -0.15) is 0 Å². The Morgan fingerprint density at radius 2 is 2.00 bits per heavy atom. The van der Waals surface area contributed by atoms with Crippen molar-refractivity contribution in [2.75, 3.05) is 18.5 Å². The van der Waals surface area contributed by atoms with Crippen LogP contribution in [-0.2, 0) is 6.42 Å². The molecule has 3 aromatic rings. The van der Waals surface area contributed by atoms with Gasteiger partial charge in [0, 0.05) is 26.0 Å². The summed E-state index contributed by atoms with van der Waals surface area (Å²) in [7, 11) is 2.02. The molecule has 0 aliphatic heterocycles. The molecule has 0 amide bonds. The van der Waals surface area contributed by atoms with Gasteiger partial charge in [0.25, 0.3) is 0 Å². The van der Waals surface area contributed by atoms with Gasteiger partial charge >= 0.3 is 0 Å². The summed E-state index contributed by atoms with van der Waals surface area (Å²) in [6, 6.07) is 4.05. The molecule has 0 unspecified atom stereocenters. The summed E-state index contributed by atoms with van der Waals surface area (Å²) in [5, 5.41) is 0. The van der Waals surface area contributed by atoms with Crippen LogP contribution in [0.1, 0.15) is 5.56 Å². The monoisotopic (exact) mass is 254 g/mol. The van der Waals surface area contributed by atoms with Gasteiger partial charge in [-0.25, -0.2) is 15.0 Å². The molecule has 0 spiro atoms. The summed E-state index contributed by atoms with van der Waals surface area (Å²) in [4.78, 5) is 21.8. The SMILES string of the molecule is CN(CCc1ccncc1)c1ncnc2nc[nH]c12. The Kier molecular flexibility index (Phi) is 3.06. The zero-order chi connectivity index (χ0) is 13.1. The number of aromatic nitrogens is 5. The molecule has 19 heavy (non-hydrogen) atoms. The number of hydrogen-bond donors (Lipinski definition) is 1. The van der Waals surface area contributed by atoms with E-state index in [4.69, 9.17) is 0 Å². The summed E-state index contributed by atoms with van der Waals surface area (Å²) in [5.74, 6) is 0.872. The number of nitrogens with zero attached hydrogens (tertiary/aromatic N) is 5. The third-order valence-electron chi connectivity index (χ3n) is 3.05. The maximum atomic E-state index is 4.32. The number of likely N-dealkylation sites (N-methyl/N-ethyl adjacent to an activating group) is 1. The van der Waals surface area contributed by atoms with Crippen molar-refractivity contribution < 1.29 is 0 Å². The fourth-order valence-electron chi connectivity index (χ4n) is 1.99. The van der Waals surface area contributed by atoms with Crippen molar-refractivity contribution in [2.24, 2.45) is 0 Å². The van der Waals surface area contributed by atoms with Crippen LogP contribution in [0.4, 0.5) is 5.82 Å². The molecular weight excluding hydrogens is 240 g/mol. The smallest absolute Gasteiger partial charge is 0.182 e. The van der Waals surface area contributed by atoms with Crippen molar-refractivity contribution in [3.05, 3.63) is 42.7 Å². The standard InChI is InChI=1S/C13H14N6/c1-19(7-4-10-2-5-14-6-3-10)13-11-12(16-8-15-11)17-9-18-13/h2-3,5-6,8-9H,4,7H2,1H3,(H,15,16,17,18). The maximum Gasteiger partial charge on any atom is 0.182 e. The summed E-state index contributed by atoms with van der Waals surface area (Å²) in [6.07, 6.45) is 7.75. The second-order valence-corrected chi connectivity index (χ2v) is 4.33. The van der Waals surface area contributed by atoms with Crippen molar-refractivity contribution in [1.29, 1.82) is 0 Å². The number of imidazole rings is 1. The number of nitrogens with one attached hydrogen (secondary N) is 1. The van der Waals surface area contributed by atoms with Gasteiger partial charge < -0.3 is 9.88 Å². The van der Waals surface area contributed by atoms with Gasteiger partial charge in [-0.15, -0.1) is 0 Å². The lowest BCUT2D eigenvalue weighted by Crippen LogP contribution is -2.21. The molecule has 0 saturated carbocycles. The van der Waals surface area contributed by atoms with E-state index >= 15 is 0 Å². The van der Waals surface area contributed by atoms with Crippen molar-refractivity contribution in [2.45, 2.75) is 6.42 Å². The number of aromatic amines is 1. The molecule has 0 saturated heterocycles. The highest BCUT2D eigenvalue weighted by atomic mass is 15.2. The molecule has 96 valence electrons. The summed E-state index contributed by atoms with van der Waals surface area (Å²) in [6.45, 7) is 0.870. The average Bonchev–Trinajstić information content (AvgIpc) is 2.94. The molecule has 6 heteroatoms. The molecule has 3 heterocycles. The number of fused-ring (bicyclic) bond motifs is 1. The van der Waals surface area contributed by atoms with Gasteiger partial charge in [0.05, 0.1) is 6.33 Å². The highest BCUT2D eigenvalue weighted by molar-refractivity contribution is 5.82. The zero-order valence-corrected chi connectivity index (χ0v) is 10.6. The lowest BCUT2D eigenvalue weighted by molar-refractivity contribution is 0.859. The van der Waals surface area contributed by atoms with Crippen LogP contribution in [0.5, 0.6) is 0 Å². The quantitative estimate of drug-likeness (QED) is 0.762. The van der Waals surface area contributed by atoms with Crippen LogP contribution in [-0.4, -0.2) is 38.5 Å². The van der Waals surface area contributed by atoms with Crippen LogP contribution in [0.25, 0.3) is 11.2 Å². The van der Waals surface area contributed by atoms with E-state index in [1.807, 2.05) is 31.6 Å². The fourth-order valence-corrected chi connectivity index (χ4v) is 1.99. The van der Waals surface area contributed by atoms with Crippen LogP contribution >= 0.6 is 0 Å². The third-order valence-corrected chi connectivity index (χ3v) is 3.05. The Hall–Kier alpha value is -2.50. The van der Waals surface area contributed by atoms with E-state index in [2.05, 4.69) is 29.8 Å². The van der Waals surface area contributed by atoms with Crippen molar-refractivity contribution in [1.82, 2.24) is 24.9 Å². The largest absolute Gasteiger partial charge is 0.357 e. The normalized spacial score (nSPS) is 10.8. The minimum Gasteiger partial charge on any atom is -0.357 e. The number of rotatable bonds is 4. The molecule has 0 aliphatic carbocycles. The van der Waals surface area contributed by atoms with E-state index in [1.165, 1.54) is 5.56 Å². The van der Waals surface area contributed by atoms with E-state index < -0.39 is 0 Å². The van der Waals surface area contributed by atoms with Crippen LogP contribution in [0, 0.1) is 0 Å². The highest BCUT2D eigenvalue weighted by Gasteiger charge is 2.10. The van der Waals surface area contributed by atoms with Crippen molar-refractivity contribution in [3.63, 3.8) is 0 Å². The second kappa shape index (κ2) is 5.01. The molecule has 6 nitrogen and oxygen atoms in total. The Balaban J connectivity index is 1.77. The minimum atomic E-state index is 0.695. The van der Waals surface area contributed by atoms with Gasteiger partial charge in [0.2, 0.25) is 0 Å². The third kappa shape index (κ3) is 2.37. The van der Waals surface area contributed by atoms with E-state index in [0.29, 0.717) is 5.65 Å². The molecule has 0 aliphatic rings. The number of pyridine rings is 1. The van der Waals surface area contributed by atoms with E-state index in [-0.39, 0.29) is 0 Å². The van der Waals surface area contributed by atoms with Gasteiger partial charge in [-0.05, 0) is 24.1 Å². The zero-order valence-electron chi connectivity index (χ0n) is 10.6. The molecule has 0 bridgehead atoms. The first-order chi connectivity index (χ1) is 9.34. The molecule has 0 radical (unpaired) electrons. The molecule has 0 fully saturated rings. The molecular formula is C13H14N6. The number of anilines is 1. The maximum absolute atomic E-state index is 4.32. The predicted octanol–water partition coefficient (Wildman–Crippen LogP) is 1.43. The first kappa shape index (κ1) is 11.6. The van der Waals surface area contributed by atoms with Crippen molar-refractivity contribution in [3.8, 4) is 0 Å². The van der Waals surface area contributed by atoms with Crippen molar-refractivity contribution >= 4 is 17.0 Å². The van der Waals surface area contributed by atoms with Crippen LogP contribution < -0.4 is 4.90 Å². The Labute approximate surface area is 110 Å². The van der Waals surface area contributed by atoms with Crippen LogP contribution in [0.2, 0.25) is 0 Å². The molecule has 0 atom stereocenters. The van der Waals surface area contributed by atoms with Crippen LogP contribution in [0.3, 0.4) is 0 Å².